The molecule has 4 heterocycles. The number of allylic oxidation sites excluding steroid dienone is 2. The summed E-state index contributed by atoms with van der Waals surface area (Å²) in [6.45, 7) is 3.03. The molecule has 5 atom stereocenters. The van der Waals surface area contributed by atoms with E-state index in [1.165, 1.54) is 30.2 Å². The second-order valence-corrected chi connectivity index (χ2v) is 15.2. The number of rotatable bonds is 3. The lowest BCUT2D eigenvalue weighted by Gasteiger charge is -2.46. The molecule has 1 aromatic heterocycles. The van der Waals surface area contributed by atoms with Crippen LogP contribution in [0.25, 0.3) is 6.08 Å². The Hall–Kier alpha value is -3.21. The molecule has 8 nitrogen and oxygen atoms in total. The zero-order valence-corrected chi connectivity index (χ0v) is 27.6. The topological polar surface area (TPSA) is 119 Å². The number of phenolic OH excluding ortho intramolecular Hbond substituents is 1. The fourth-order valence-electron chi connectivity index (χ4n) is 7.52. The number of anilines is 1. The fraction of sp³-hybridized carbons (Fsp3) is 0.457. The van der Waals surface area contributed by atoms with Crippen molar-refractivity contribution >= 4 is 45.0 Å². The van der Waals surface area contributed by atoms with Gasteiger partial charge in [0.25, 0.3) is 0 Å². The van der Waals surface area contributed by atoms with E-state index in [-0.39, 0.29) is 34.5 Å². The maximum Gasteiger partial charge on any atom is 0.163 e. The third-order valence-electron chi connectivity index (χ3n) is 10.0. The van der Waals surface area contributed by atoms with Crippen LogP contribution in [0.1, 0.15) is 79.4 Å². The highest BCUT2D eigenvalue weighted by atomic mass is 33.1. The number of methoxy groups -OCH3 is 1. The van der Waals surface area contributed by atoms with Gasteiger partial charge in [0.15, 0.2) is 24.0 Å². The van der Waals surface area contributed by atoms with Crippen molar-refractivity contribution in [3.8, 4) is 11.5 Å². The molecule has 10 heteroatoms. The Morgan fingerprint density at radius 3 is 2.87 bits per heavy atom. The van der Waals surface area contributed by atoms with Crippen LogP contribution in [0.2, 0.25) is 0 Å². The Bertz CT molecular complexity index is 1560. The van der Waals surface area contributed by atoms with Gasteiger partial charge in [-0.25, -0.2) is 4.98 Å². The van der Waals surface area contributed by atoms with E-state index in [1.54, 1.807) is 18.2 Å². The monoisotopic (exact) mass is 647 g/mol. The number of hydrogen-bond donors (Lipinski definition) is 4. The maximum absolute atomic E-state index is 12.8. The van der Waals surface area contributed by atoms with Gasteiger partial charge >= 0.3 is 0 Å². The number of quaternary nitrogens is 1. The minimum Gasteiger partial charge on any atom is -0.504 e. The Balaban J connectivity index is 1.45. The first-order valence-electron chi connectivity index (χ1n) is 16.0. The highest BCUT2D eigenvalue weighted by Gasteiger charge is 2.59. The molecule has 1 saturated carbocycles. The van der Waals surface area contributed by atoms with Crippen LogP contribution in [-0.2, 0) is 16.0 Å². The summed E-state index contributed by atoms with van der Waals surface area (Å²) in [5.41, 5.74) is 11.6. The molecule has 2 aromatic rings. The van der Waals surface area contributed by atoms with Gasteiger partial charge in [-0.2, -0.15) is 0 Å². The third kappa shape index (κ3) is 6.42. The summed E-state index contributed by atoms with van der Waals surface area (Å²) in [5, 5.41) is 14.3. The molecule has 1 unspecified atom stereocenters. The normalized spacial score (nSPS) is 29.4. The number of pyridine rings is 1. The summed E-state index contributed by atoms with van der Waals surface area (Å²) in [6, 6.07) is 5.63. The van der Waals surface area contributed by atoms with Crippen molar-refractivity contribution in [1.82, 2.24) is 10.3 Å². The van der Waals surface area contributed by atoms with Gasteiger partial charge in [0, 0.05) is 36.3 Å². The van der Waals surface area contributed by atoms with E-state index in [0.29, 0.717) is 36.2 Å². The number of aromatic hydroxyl groups is 1. The molecular formula is C35H43N4O4S2+. The number of nitrogen functional groups attached to an aromatic ring is 1. The van der Waals surface area contributed by atoms with Crippen molar-refractivity contribution in [3.63, 3.8) is 0 Å². The van der Waals surface area contributed by atoms with Crippen LogP contribution < -0.4 is 20.7 Å². The van der Waals surface area contributed by atoms with Crippen molar-refractivity contribution in [3.05, 3.63) is 76.8 Å². The number of carbonyl (C=O) groups excluding carboxylic acids is 2. The number of aromatic nitrogens is 1. The lowest BCUT2D eigenvalue weighted by Crippen LogP contribution is -3.20. The number of phenols is 1. The second kappa shape index (κ2) is 13.6. The molecule has 1 aromatic carbocycles. The molecule has 5 N–H and O–H groups in total. The summed E-state index contributed by atoms with van der Waals surface area (Å²) in [5.74, 6) is 2.38. The molecule has 1 aliphatic carbocycles. The number of fused-ring (bicyclic) bond motifs is 6. The lowest BCUT2D eigenvalue weighted by molar-refractivity contribution is -0.915. The van der Waals surface area contributed by atoms with E-state index < -0.39 is 0 Å². The van der Waals surface area contributed by atoms with Crippen molar-refractivity contribution in [2.75, 3.05) is 25.3 Å². The molecule has 45 heavy (non-hydrogen) atoms. The molecule has 4 aliphatic rings. The first-order valence-corrected chi connectivity index (χ1v) is 18.3. The van der Waals surface area contributed by atoms with Gasteiger partial charge in [0.05, 0.1) is 25.0 Å². The Kier molecular flexibility index (Phi) is 9.63. The average molecular weight is 648 g/mol. The number of benzene rings is 1. The minimum atomic E-state index is -0.226. The Morgan fingerprint density at radius 2 is 2.04 bits per heavy atom. The summed E-state index contributed by atoms with van der Waals surface area (Å²) in [6.07, 6.45) is 17.8. The number of carbonyl (C=O) groups is 2. The van der Waals surface area contributed by atoms with Crippen LogP contribution in [0, 0.1) is 11.8 Å². The van der Waals surface area contributed by atoms with Crippen molar-refractivity contribution in [1.29, 1.82) is 0 Å². The van der Waals surface area contributed by atoms with Gasteiger partial charge in [-0.3, -0.25) is 14.5 Å². The summed E-state index contributed by atoms with van der Waals surface area (Å²) in [4.78, 5) is 31.8. The predicted molar refractivity (Wildman–Crippen MR) is 182 cm³/mol. The first kappa shape index (κ1) is 31.8. The standard InChI is InChI=1S/C35H42N4O4S2/c1-3-22-6-10-28(40)17-29(41)11-7-24-16-32(43-2)31(42)15-25(24)13-23-14-30(34(36)38-18-23)33(45-44-20-22)35-12-4-5-26(35)8-9-27-19-37-21-39(27)35/h7-9,11,14-16,18-19,22,26,33,37,42H,3-6,10,12-13,17,20-21H2,1-2H3,(H2,36,38)/p+1/b11-7+/t22-,26+,33-,35+/m0/s1. The number of ether oxygens (including phenoxy) is 1. The summed E-state index contributed by atoms with van der Waals surface area (Å²) in [7, 11) is 5.30. The van der Waals surface area contributed by atoms with Gasteiger partial charge in [-0.1, -0.05) is 47.1 Å². The Morgan fingerprint density at radius 1 is 1.18 bits per heavy atom. The fourth-order valence-corrected chi connectivity index (χ4v) is 11.3. The SMILES string of the molecule is CC[C@H]1CCC(=O)CC(=O)/C=C/c2cc(OC)c(O)cc2Cc2cnc(N)c(c2)[C@@H]([C@@]23CCC[C@@H]2C=CC2=CNC[NH+]23)SSC1. The maximum atomic E-state index is 12.8. The number of nitrogens with zero attached hydrogens (tertiary/aromatic N) is 1. The first-order chi connectivity index (χ1) is 21.8. The van der Waals surface area contributed by atoms with Crippen LogP contribution >= 0.6 is 21.6 Å². The third-order valence-corrected chi connectivity index (χ3v) is 13.0. The van der Waals surface area contributed by atoms with Crippen molar-refractivity contribution < 1.29 is 24.3 Å². The van der Waals surface area contributed by atoms with Gasteiger partial charge in [-0.05, 0) is 78.6 Å². The second-order valence-electron chi connectivity index (χ2n) is 12.7. The molecule has 3 aliphatic heterocycles. The van der Waals surface area contributed by atoms with Gasteiger partial charge in [0.2, 0.25) is 0 Å². The minimum absolute atomic E-state index is 0.0248. The smallest absolute Gasteiger partial charge is 0.163 e. The van der Waals surface area contributed by atoms with E-state index >= 15 is 0 Å². The predicted octanol–water partition coefficient (Wildman–Crippen LogP) is 5.15. The summed E-state index contributed by atoms with van der Waals surface area (Å²) >= 11 is 0. The highest BCUT2D eigenvalue weighted by Crippen LogP contribution is 2.55. The quantitative estimate of drug-likeness (QED) is 0.265. The van der Waals surface area contributed by atoms with Gasteiger partial charge in [0.1, 0.15) is 22.8 Å². The molecule has 1 fully saturated rings. The molecule has 6 rings (SSSR count). The number of nitrogens with two attached hydrogens (primary N) is 1. The molecule has 238 valence electrons. The van der Waals surface area contributed by atoms with Crippen LogP contribution in [0.5, 0.6) is 11.5 Å². The number of hydrogen-bond acceptors (Lipinski definition) is 9. The molecular weight excluding hydrogens is 605 g/mol. The molecule has 0 saturated heterocycles. The van der Waals surface area contributed by atoms with Gasteiger partial charge in [-0.15, -0.1) is 0 Å². The molecule has 0 amide bonds. The summed E-state index contributed by atoms with van der Waals surface area (Å²) < 4.78 is 5.38. The van der Waals surface area contributed by atoms with E-state index in [1.807, 2.05) is 27.8 Å². The van der Waals surface area contributed by atoms with Crippen molar-refractivity contribution in [2.45, 2.75) is 69.1 Å². The average Bonchev–Trinajstić information content (AvgIpc) is 3.69. The van der Waals surface area contributed by atoms with Crippen molar-refractivity contribution in [2.24, 2.45) is 11.8 Å². The van der Waals surface area contributed by atoms with Crippen LogP contribution in [0.3, 0.4) is 0 Å². The molecule has 0 spiro atoms. The van der Waals surface area contributed by atoms with Crippen LogP contribution in [-0.4, -0.2) is 46.7 Å². The largest absolute Gasteiger partial charge is 0.504 e. The number of Topliss-reactive ketones (excluding diaryl/α,β-unsaturated/α-hetero) is 1. The van der Waals surface area contributed by atoms with E-state index in [2.05, 4.69) is 36.7 Å². The Labute approximate surface area is 273 Å². The zero-order chi connectivity index (χ0) is 31.6. The number of ketones is 2. The highest BCUT2D eigenvalue weighted by molar-refractivity contribution is 8.76. The van der Waals surface area contributed by atoms with Gasteiger partial charge < -0.3 is 20.9 Å². The zero-order valence-electron chi connectivity index (χ0n) is 26.0. The molecule has 0 radical (unpaired) electrons. The van der Waals surface area contributed by atoms with E-state index in [9.17, 15) is 14.7 Å². The number of nitrogens with one attached hydrogen (secondary N) is 2. The van der Waals surface area contributed by atoms with E-state index in [0.717, 1.165) is 60.4 Å². The van der Waals surface area contributed by atoms with Crippen LogP contribution in [0.15, 0.2) is 54.5 Å². The lowest BCUT2D eigenvalue weighted by atomic mass is 9.76. The van der Waals surface area contributed by atoms with Crippen LogP contribution in [0.4, 0.5) is 5.82 Å². The molecule has 2 bridgehead atoms. The van der Waals surface area contributed by atoms with E-state index in [4.69, 9.17) is 15.5 Å².